The highest BCUT2D eigenvalue weighted by Gasteiger charge is 2.23. The molecule has 4 rings (SSSR count). The van der Waals surface area contributed by atoms with E-state index in [4.69, 9.17) is 5.73 Å². The molecule has 9 heteroatoms. The Labute approximate surface area is 148 Å². The van der Waals surface area contributed by atoms with Gasteiger partial charge in [0, 0.05) is 17.1 Å². The Kier molecular flexibility index (Phi) is 3.62. The summed E-state index contributed by atoms with van der Waals surface area (Å²) in [4.78, 5) is 17.4. The lowest BCUT2D eigenvalue weighted by atomic mass is 10.1. The standard InChI is InChI=1S/C16H10F2N4OS2/c1-7-11(16-22(21-7)4-5-24-16)15-20-12(13(25-15)14(19)23)8-2-3-9(17)10(18)6-8/h2-6H,1H3,(H2,19,23). The van der Waals surface area contributed by atoms with Gasteiger partial charge < -0.3 is 5.73 Å². The Morgan fingerprint density at radius 3 is 2.80 bits per heavy atom. The molecule has 0 aliphatic carbocycles. The molecular weight excluding hydrogens is 366 g/mol. The van der Waals surface area contributed by atoms with Crippen molar-refractivity contribution in [3.05, 3.63) is 52.0 Å². The van der Waals surface area contributed by atoms with Gasteiger partial charge in [-0.25, -0.2) is 18.3 Å². The summed E-state index contributed by atoms with van der Waals surface area (Å²) in [6, 6.07) is 3.37. The van der Waals surface area contributed by atoms with E-state index in [9.17, 15) is 13.6 Å². The van der Waals surface area contributed by atoms with E-state index in [1.807, 2.05) is 18.5 Å². The Balaban J connectivity index is 1.94. The molecule has 0 atom stereocenters. The second-order valence-corrected chi connectivity index (χ2v) is 7.20. The average Bonchev–Trinajstić information content (AvgIpc) is 3.23. The van der Waals surface area contributed by atoms with E-state index in [2.05, 4.69) is 10.1 Å². The van der Waals surface area contributed by atoms with Crippen LogP contribution in [-0.4, -0.2) is 20.5 Å². The molecule has 25 heavy (non-hydrogen) atoms. The highest BCUT2D eigenvalue weighted by molar-refractivity contribution is 7.19. The van der Waals surface area contributed by atoms with Gasteiger partial charge >= 0.3 is 0 Å². The third kappa shape index (κ3) is 2.52. The summed E-state index contributed by atoms with van der Waals surface area (Å²) >= 11 is 2.61. The first-order chi connectivity index (χ1) is 12.0. The van der Waals surface area contributed by atoms with Crippen LogP contribution >= 0.6 is 22.7 Å². The summed E-state index contributed by atoms with van der Waals surface area (Å²) in [6.45, 7) is 1.84. The second-order valence-electron chi connectivity index (χ2n) is 5.30. The first-order valence-corrected chi connectivity index (χ1v) is 8.84. The van der Waals surface area contributed by atoms with Gasteiger partial charge in [0.25, 0.3) is 5.91 Å². The Hall–Kier alpha value is -2.65. The summed E-state index contributed by atoms with van der Waals surface area (Å²) in [5.41, 5.74) is 7.55. The van der Waals surface area contributed by atoms with Crippen molar-refractivity contribution in [1.82, 2.24) is 14.6 Å². The molecule has 3 heterocycles. The van der Waals surface area contributed by atoms with Gasteiger partial charge in [-0.15, -0.1) is 22.7 Å². The third-order valence-electron chi connectivity index (χ3n) is 3.68. The summed E-state index contributed by atoms with van der Waals surface area (Å²) in [6.07, 6.45) is 1.83. The molecule has 0 radical (unpaired) electrons. The van der Waals surface area contributed by atoms with Gasteiger partial charge in [-0.2, -0.15) is 5.10 Å². The van der Waals surface area contributed by atoms with Gasteiger partial charge in [0.2, 0.25) is 0 Å². The van der Waals surface area contributed by atoms with E-state index in [-0.39, 0.29) is 10.6 Å². The number of hydrogen-bond acceptors (Lipinski definition) is 5. The molecule has 1 aromatic carbocycles. The van der Waals surface area contributed by atoms with Crippen LogP contribution < -0.4 is 5.73 Å². The van der Waals surface area contributed by atoms with E-state index in [1.54, 1.807) is 4.52 Å². The number of benzene rings is 1. The minimum Gasteiger partial charge on any atom is -0.365 e. The molecule has 0 aliphatic heterocycles. The molecule has 2 N–H and O–H groups in total. The molecule has 0 saturated carbocycles. The predicted molar refractivity (Wildman–Crippen MR) is 92.8 cm³/mol. The van der Waals surface area contributed by atoms with Crippen LogP contribution in [0.5, 0.6) is 0 Å². The molecule has 0 unspecified atom stereocenters. The molecule has 1 amide bonds. The van der Waals surface area contributed by atoms with Gasteiger partial charge in [0.15, 0.2) is 11.6 Å². The quantitative estimate of drug-likeness (QED) is 0.590. The van der Waals surface area contributed by atoms with Gasteiger partial charge in [-0.05, 0) is 25.1 Å². The fraction of sp³-hybridized carbons (Fsp3) is 0.0625. The monoisotopic (exact) mass is 376 g/mol. The topological polar surface area (TPSA) is 73.3 Å². The van der Waals surface area contributed by atoms with Crippen molar-refractivity contribution < 1.29 is 13.6 Å². The van der Waals surface area contributed by atoms with Crippen LogP contribution in [0.3, 0.4) is 0 Å². The zero-order valence-corrected chi connectivity index (χ0v) is 14.4. The number of aromatic nitrogens is 3. The number of thiazole rings is 2. The van der Waals surface area contributed by atoms with Crippen molar-refractivity contribution >= 4 is 33.4 Å². The summed E-state index contributed by atoms with van der Waals surface area (Å²) in [5, 5.41) is 6.85. The SMILES string of the molecule is Cc1nn2ccsc2c1-c1nc(-c2ccc(F)c(F)c2)c(C(N)=O)s1. The number of halogens is 2. The van der Waals surface area contributed by atoms with Crippen molar-refractivity contribution in [1.29, 1.82) is 0 Å². The van der Waals surface area contributed by atoms with E-state index in [1.165, 1.54) is 17.4 Å². The highest BCUT2D eigenvalue weighted by Crippen LogP contribution is 2.38. The fourth-order valence-electron chi connectivity index (χ4n) is 2.57. The molecular formula is C16H10F2N4OS2. The van der Waals surface area contributed by atoms with Crippen LogP contribution in [0.25, 0.3) is 26.7 Å². The molecule has 0 spiro atoms. The Morgan fingerprint density at radius 2 is 2.08 bits per heavy atom. The number of nitrogens with zero attached hydrogens (tertiary/aromatic N) is 3. The normalized spacial score (nSPS) is 11.3. The molecule has 0 fully saturated rings. The molecule has 0 aliphatic rings. The lowest BCUT2D eigenvalue weighted by molar-refractivity contribution is 0.100. The van der Waals surface area contributed by atoms with Crippen LogP contribution in [0.15, 0.2) is 29.8 Å². The lowest BCUT2D eigenvalue weighted by Gasteiger charge is -2.00. The number of rotatable bonds is 3. The van der Waals surface area contributed by atoms with E-state index in [0.717, 1.165) is 39.6 Å². The number of hydrogen-bond donors (Lipinski definition) is 1. The zero-order valence-electron chi connectivity index (χ0n) is 12.8. The van der Waals surface area contributed by atoms with Crippen molar-refractivity contribution in [2.75, 3.05) is 0 Å². The maximum Gasteiger partial charge on any atom is 0.261 e. The van der Waals surface area contributed by atoms with E-state index < -0.39 is 17.5 Å². The first-order valence-electron chi connectivity index (χ1n) is 7.14. The van der Waals surface area contributed by atoms with Gasteiger partial charge in [0.05, 0.1) is 17.0 Å². The van der Waals surface area contributed by atoms with Crippen LogP contribution in [0.4, 0.5) is 8.78 Å². The maximum atomic E-state index is 13.6. The van der Waals surface area contributed by atoms with Gasteiger partial charge in [-0.3, -0.25) is 4.79 Å². The molecule has 5 nitrogen and oxygen atoms in total. The second kappa shape index (κ2) is 5.71. The first kappa shape index (κ1) is 15.9. The van der Waals surface area contributed by atoms with Crippen molar-refractivity contribution in [2.45, 2.75) is 6.92 Å². The van der Waals surface area contributed by atoms with Crippen molar-refractivity contribution in [3.63, 3.8) is 0 Å². The van der Waals surface area contributed by atoms with Gasteiger partial charge in [-0.1, -0.05) is 0 Å². The summed E-state index contributed by atoms with van der Waals surface area (Å²) < 4.78 is 28.5. The summed E-state index contributed by atoms with van der Waals surface area (Å²) in [5.74, 6) is -2.65. The minimum absolute atomic E-state index is 0.191. The predicted octanol–water partition coefficient (Wildman–Crippen LogP) is 3.87. The molecule has 4 aromatic rings. The number of nitrogens with two attached hydrogens (primary N) is 1. The van der Waals surface area contributed by atoms with E-state index in [0.29, 0.717) is 10.6 Å². The fourth-order valence-corrected chi connectivity index (χ4v) is 4.55. The van der Waals surface area contributed by atoms with E-state index >= 15 is 0 Å². The smallest absolute Gasteiger partial charge is 0.261 e. The lowest BCUT2D eigenvalue weighted by Crippen LogP contribution is -2.10. The Morgan fingerprint density at radius 1 is 1.28 bits per heavy atom. The number of carbonyl (C=O) groups is 1. The molecule has 0 saturated heterocycles. The summed E-state index contributed by atoms with van der Waals surface area (Å²) in [7, 11) is 0. The number of aryl methyl sites for hydroxylation is 1. The maximum absolute atomic E-state index is 13.6. The van der Waals surface area contributed by atoms with Crippen LogP contribution in [0, 0.1) is 18.6 Å². The third-order valence-corrected chi connectivity index (χ3v) is 5.64. The van der Waals surface area contributed by atoms with Crippen LogP contribution in [0.1, 0.15) is 15.4 Å². The molecule has 0 bridgehead atoms. The average molecular weight is 376 g/mol. The molecule has 3 aromatic heterocycles. The van der Waals surface area contributed by atoms with Crippen LogP contribution in [-0.2, 0) is 0 Å². The Bertz CT molecular complexity index is 1130. The largest absolute Gasteiger partial charge is 0.365 e. The van der Waals surface area contributed by atoms with Crippen molar-refractivity contribution in [2.24, 2.45) is 5.73 Å². The minimum atomic E-state index is -1.01. The van der Waals surface area contributed by atoms with Crippen molar-refractivity contribution in [3.8, 4) is 21.8 Å². The number of primary amides is 1. The zero-order chi connectivity index (χ0) is 17.7. The van der Waals surface area contributed by atoms with Crippen LogP contribution in [0.2, 0.25) is 0 Å². The highest BCUT2D eigenvalue weighted by atomic mass is 32.1. The number of amides is 1. The molecule has 126 valence electrons. The number of fused-ring (bicyclic) bond motifs is 1. The number of carbonyl (C=O) groups excluding carboxylic acids is 1. The van der Waals surface area contributed by atoms with Gasteiger partial charge in [0.1, 0.15) is 14.7 Å².